The van der Waals surface area contributed by atoms with Crippen LogP contribution in [-0.4, -0.2) is 28.8 Å². The van der Waals surface area contributed by atoms with Crippen molar-refractivity contribution in [3.63, 3.8) is 0 Å². The summed E-state index contributed by atoms with van der Waals surface area (Å²) in [6.45, 7) is 1.91. The van der Waals surface area contributed by atoms with Gasteiger partial charge >= 0.3 is 0 Å². The zero-order chi connectivity index (χ0) is 16.1. The number of nitrogens with one attached hydrogen (secondary N) is 1. The van der Waals surface area contributed by atoms with Crippen LogP contribution in [0, 0.1) is 5.92 Å². The summed E-state index contributed by atoms with van der Waals surface area (Å²) < 4.78 is 7.43. The maximum atomic E-state index is 12.0. The lowest BCUT2D eigenvalue weighted by Gasteiger charge is -2.14. The normalized spacial score (nSPS) is 17.0. The van der Waals surface area contributed by atoms with Crippen LogP contribution in [0.1, 0.15) is 18.4 Å². The number of carbonyl (C=O) groups is 1. The van der Waals surface area contributed by atoms with Crippen molar-refractivity contribution in [3.05, 3.63) is 47.2 Å². The molecule has 1 atom stereocenters. The van der Waals surface area contributed by atoms with Crippen LogP contribution in [0.4, 0.5) is 0 Å². The van der Waals surface area contributed by atoms with Crippen LogP contribution in [0.3, 0.4) is 0 Å². The monoisotopic (exact) mass is 333 g/mol. The third-order valence-corrected chi connectivity index (χ3v) is 4.22. The molecule has 1 amide bonds. The van der Waals surface area contributed by atoms with Gasteiger partial charge in [0.05, 0.1) is 17.8 Å². The van der Waals surface area contributed by atoms with Gasteiger partial charge in [-0.05, 0) is 30.4 Å². The summed E-state index contributed by atoms with van der Waals surface area (Å²) in [6.07, 6.45) is 5.57. The van der Waals surface area contributed by atoms with Crippen molar-refractivity contribution in [1.29, 1.82) is 0 Å². The summed E-state index contributed by atoms with van der Waals surface area (Å²) in [5, 5.41) is 7.67. The van der Waals surface area contributed by atoms with Crippen molar-refractivity contribution in [2.24, 2.45) is 5.92 Å². The van der Waals surface area contributed by atoms with E-state index in [4.69, 9.17) is 16.3 Å². The molecule has 122 valence electrons. The van der Waals surface area contributed by atoms with Gasteiger partial charge < -0.3 is 10.1 Å². The van der Waals surface area contributed by atoms with Gasteiger partial charge in [-0.15, -0.1) is 0 Å². The summed E-state index contributed by atoms with van der Waals surface area (Å²) >= 11 is 5.80. The Morgan fingerprint density at radius 3 is 3.13 bits per heavy atom. The molecule has 5 nitrogen and oxygen atoms in total. The first kappa shape index (κ1) is 15.9. The topological polar surface area (TPSA) is 56.2 Å². The molecule has 0 saturated carbocycles. The molecule has 2 aromatic rings. The lowest BCUT2D eigenvalue weighted by atomic mass is 9.97. The van der Waals surface area contributed by atoms with E-state index in [1.54, 1.807) is 17.1 Å². The summed E-state index contributed by atoms with van der Waals surface area (Å²) in [4.78, 5) is 12.0. The third kappa shape index (κ3) is 4.48. The van der Waals surface area contributed by atoms with Gasteiger partial charge in [0.25, 0.3) is 0 Å². The Morgan fingerprint density at radius 1 is 1.43 bits per heavy atom. The van der Waals surface area contributed by atoms with Crippen LogP contribution in [0.15, 0.2) is 36.7 Å². The van der Waals surface area contributed by atoms with E-state index in [9.17, 15) is 4.79 Å². The number of carbonyl (C=O) groups excluding carboxylic acids is 1. The van der Waals surface area contributed by atoms with Gasteiger partial charge in [0, 0.05) is 25.7 Å². The van der Waals surface area contributed by atoms with Gasteiger partial charge in [0.2, 0.25) is 5.91 Å². The van der Waals surface area contributed by atoms with E-state index < -0.39 is 0 Å². The molecule has 1 aliphatic heterocycles. The van der Waals surface area contributed by atoms with Gasteiger partial charge in [-0.1, -0.05) is 29.8 Å². The van der Waals surface area contributed by atoms with Gasteiger partial charge in [0.1, 0.15) is 5.75 Å². The summed E-state index contributed by atoms with van der Waals surface area (Å²) in [6, 6.07) is 8.11. The predicted octanol–water partition coefficient (Wildman–Crippen LogP) is 2.68. The predicted molar refractivity (Wildman–Crippen MR) is 88.6 cm³/mol. The first-order valence-electron chi connectivity index (χ1n) is 7.86. The van der Waals surface area contributed by atoms with Crippen LogP contribution in [0.2, 0.25) is 5.02 Å². The molecule has 0 spiro atoms. The Kier molecular flexibility index (Phi) is 5.18. The number of rotatable bonds is 5. The highest BCUT2D eigenvalue weighted by molar-refractivity contribution is 6.30. The first-order valence-corrected chi connectivity index (χ1v) is 8.24. The van der Waals surface area contributed by atoms with Gasteiger partial charge in [-0.25, -0.2) is 0 Å². The molecule has 0 fully saturated rings. The average molecular weight is 334 g/mol. The number of nitrogens with zero attached hydrogens (tertiary/aromatic N) is 2. The van der Waals surface area contributed by atoms with E-state index in [-0.39, 0.29) is 5.91 Å². The van der Waals surface area contributed by atoms with Crippen molar-refractivity contribution in [2.45, 2.75) is 25.8 Å². The number of benzene rings is 1. The molecule has 0 saturated heterocycles. The quantitative estimate of drug-likeness (QED) is 0.915. The van der Waals surface area contributed by atoms with E-state index >= 15 is 0 Å². The molecule has 1 N–H and O–H groups in total. The van der Waals surface area contributed by atoms with E-state index in [1.165, 1.54) is 5.56 Å². The number of fused-ring (bicyclic) bond motifs is 1. The highest BCUT2D eigenvalue weighted by Crippen LogP contribution is 2.26. The molecule has 1 aliphatic rings. The summed E-state index contributed by atoms with van der Waals surface area (Å²) in [7, 11) is 0. The van der Waals surface area contributed by atoms with Crippen LogP contribution in [0.25, 0.3) is 0 Å². The molecule has 2 heterocycles. The van der Waals surface area contributed by atoms with Gasteiger partial charge in [0.15, 0.2) is 0 Å². The fourth-order valence-corrected chi connectivity index (χ4v) is 2.92. The number of ether oxygens (including phenoxy) is 1. The standard InChI is InChI=1S/C17H20ClN3O2/c18-15-11-20-21(12-15)7-5-17(22)19-10-13-6-8-23-16-4-2-1-3-14(16)9-13/h1-4,11-13H,5-10H2,(H,19,22)/t13-/m1/s1. The first-order chi connectivity index (χ1) is 11.2. The number of aromatic nitrogens is 2. The minimum absolute atomic E-state index is 0.0371. The summed E-state index contributed by atoms with van der Waals surface area (Å²) in [5.41, 5.74) is 1.22. The molecular weight excluding hydrogens is 314 g/mol. The zero-order valence-corrected chi connectivity index (χ0v) is 13.6. The number of halogens is 1. The highest BCUT2D eigenvalue weighted by atomic mass is 35.5. The van der Waals surface area contributed by atoms with Crippen LogP contribution in [0.5, 0.6) is 5.75 Å². The molecule has 0 aliphatic carbocycles. The third-order valence-electron chi connectivity index (χ3n) is 4.02. The molecule has 23 heavy (non-hydrogen) atoms. The van der Waals surface area contributed by atoms with Gasteiger partial charge in [-0.2, -0.15) is 5.10 Å². The Bertz CT molecular complexity index is 671. The molecule has 0 radical (unpaired) electrons. The maximum absolute atomic E-state index is 12.0. The fraction of sp³-hybridized carbons (Fsp3) is 0.412. The second kappa shape index (κ2) is 7.51. The van der Waals surface area contributed by atoms with Crippen LogP contribution < -0.4 is 10.1 Å². The number of para-hydroxylation sites is 1. The lowest BCUT2D eigenvalue weighted by Crippen LogP contribution is -2.31. The Labute approximate surface area is 140 Å². The van der Waals surface area contributed by atoms with Crippen molar-refractivity contribution >= 4 is 17.5 Å². The maximum Gasteiger partial charge on any atom is 0.221 e. The van der Waals surface area contributed by atoms with Crippen molar-refractivity contribution < 1.29 is 9.53 Å². The fourth-order valence-electron chi connectivity index (χ4n) is 2.76. The molecule has 0 unspecified atom stereocenters. The SMILES string of the molecule is O=C(CCn1cc(Cl)cn1)NC[C@@H]1CCOc2ccccc2C1. The lowest BCUT2D eigenvalue weighted by molar-refractivity contribution is -0.121. The van der Waals surface area contributed by atoms with Crippen molar-refractivity contribution in [2.75, 3.05) is 13.2 Å². The number of amides is 1. The van der Waals surface area contributed by atoms with Gasteiger partial charge in [-0.3, -0.25) is 9.48 Å². The minimum atomic E-state index is 0.0371. The zero-order valence-electron chi connectivity index (χ0n) is 12.9. The smallest absolute Gasteiger partial charge is 0.221 e. The molecule has 1 aromatic heterocycles. The largest absolute Gasteiger partial charge is 0.493 e. The average Bonchev–Trinajstić information content (AvgIpc) is 2.86. The molecule has 3 rings (SSSR count). The second-order valence-corrected chi connectivity index (χ2v) is 6.23. The van der Waals surface area contributed by atoms with E-state index in [2.05, 4.69) is 16.5 Å². The van der Waals surface area contributed by atoms with Crippen molar-refractivity contribution in [1.82, 2.24) is 15.1 Å². The minimum Gasteiger partial charge on any atom is -0.493 e. The summed E-state index contributed by atoms with van der Waals surface area (Å²) in [5.74, 6) is 1.41. The van der Waals surface area contributed by atoms with E-state index in [1.807, 2.05) is 18.2 Å². The molecule has 6 heteroatoms. The highest BCUT2D eigenvalue weighted by Gasteiger charge is 2.18. The molecular formula is C17H20ClN3O2. The number of aryl methyl sites for hydroxylation is 1. The Morgan fingerprint density at radius 2 is 2.30 bits per heavy atom. The van der Waals surface area contributed by atoms with Crippen LogP contribution >= 0.6 is 11.6 Å². The Balaban J connectivity index is 1.45. The van der Waals surface area contributed by atoms with Crippen LogP contribution in [-0.2, 0) is 17.8 Å². The van der Waals surface area contributed by atoms with Crippen molar-refractivity contribution in [3.8, 4) is 5.75 Å². The van der Waals surface area contributed by atoms with E-state index in [0.717, 1.165) is 18.6 Å². The van der Waals surface area contributed by atoms with E-state index in [0.29, 0.717) is 37.1 Å². The second-order valence-electron chi connectivity index (χ2n) is 5.79. The molecule has 0 bridgehead atoms. The molecule has 1 aromatic carbocycles. The number of hydrogen-bond donors (Lipinski definition) is 1. The number of hydrogen-bond acceptors (Lipinski definition) is 3. The Hall–Kier alpha value is -2.01.